The largest absolute Gasteiger partial charge is 0.310 e. The minimum Gasteiger partial charge on any atom is -0.310 e. The zero-order valence-corrected chi connectivity index (χ0v) is 80.4. The van der Waals surface area contributed by atoms with Crippen LogP contribution < -0.4 is 26.2 Å². The first-order valence-corrected chi connectivity index (χ1v) is 44.9. The average molecular weight is 1720 g/mol. The SMILES string of the molecule is [2H]c1c([2H])c([2H])c(-c2ccc3c(c2)N(c2c(-c4c([2H])c([2H])c(C(C)(C)C)c([2H])c4[2H])c([2H])c(C(C)(C)C)c([2H])c2-c2c([2H])c([2H])c(C(C)(C)C)c([2H])c2C(C)(C)C)c2cc(-n4c5c([2H])c([2H])c([2H])c([2H])c5c5c([2H])c([2H])c([2H])c([2H])c54)cc4c2B3c2ccc(-n3c5ccc(C(C)(C)C)cc5c5cc(C(C)(C)C)ccc53)cc2N4c2c(-c3c([2H])c([2H])c(C(C)(C)C)c([2H])c3[2H])c([2H])c(C(C)(C)C)c([2H])c2-c2c([2H])c(C(C)(C)C)c([2H])c(C(C)(C)C)c2[2H])c([2H])c1[2H]. The molecule has 14 aromatic carbocycles. The molecule has 0 atom stereocenters. The van der Waals surface area contributed by atoms with Crippen LogP contribution in [0.4, 0.5) is 34.1 Å². The monoisotopic (exact) mass is 1720 g/mol. The summed E-state index contributed by atoms with van der Waals surface area (Å²) in [6.45, 7) is 53.3. The first kappa shape index (κ1) is 58.1. The van der Waals surface area contributed by atoms with E-state index in [1.807, 2.05) is 42.5 Å². The predicted octanol–water partition coefficient (Wildman–Crippen LogP) is 33.3. The Hall–Kier alpha value is -11.7. The van der Waals surface area contributed by atoms with Gasteiger partial charge in [0.1, 0.15) is 0 Å². The van der Waals surface area contributed by atoms with Crippen molar-refractivity contribution in [3.63, 3.8) is 0 Å². The molecule has 4 heterocycles. The van der Waals surface area contributed by atoms with E-state index in [4.69, 9.17) is 1.37 Å². The summed E-state index contributed by atoms with van der Waals surface area (Å²) in [5, 5.41) is 0.725. The van der Waals surface area contributed by atoms with Crippen LogP contribution in [-0.2, 0) is 54.1 Å². The first-order chi connectivity index (χ1) is 73.3. The molecule has 0 fully saturated rings. The second kappa shape index (κ2) is 30.5. The number of hydrogen-bond acceptors (Lipinski definition) is 2. The van der Waals surface area contributed by atoms with E-state index in [0.717, 1.165) is 21.9 Å². The van der Waals surface area contributed by atoms with E-state index in [0.29, 0.717) is 16.7 Å². The molecule has 18 rings (SSSR count). The highest BCUT2D eigenvalue weighted by molar-refractivity contribution is 7.00. The Balaban J connectivity index is 1.26. The number of aromatic nitrogens is 2. The first-order valence-electron chi connectivity index (χ1n) is 60.4. The number of nitrogens with zero attached hydrogens (tertiary/aromatic N) is 4. The highest BCUT2D eigenvalue weighted by atomic mass is 15.2. The van der Waals surface area contributed by atoms with E-state index in [1.165, 1.54) is 33.7 Å². The lowest BCUT2D eigenvalue weighted by Crippen LogP contribution is -2.61. The Kier molecular flexibility index (Phi) is 13.7. The molecular formula is C124H135BN4. The van der Waals surface area contributed by atoms with Crippen LogP contribution in [0.1, 0.15) is 306 Å². The summed E-state index contributed by atoms with van der Waals surface area (Å²) < 4.78 is 333. The van der Waals surface area contributed by atoms with Crippen LogP contribution in [-0.4, -0.2) is 15.8 Å². The van der Waals surface area contributed by atoms with E-state index >= 15 is 0 Å². The third kappa shape index (κ3) is 15.7. The zero-order chi connectivity index (χ0) is 119. The fourth-order valence-corrected chi connectivity index (χ4v) is 17.6. The van der Waals surface area contributed by atoms with E-state index in [2.05, 4.69) is 58.2 Å². The summed E-state index contributed by atoms with van der Waals surface area (Å²) in [5.41, 5.74) is -14.2. The van der Waals surface area contributed by atoms with Gasteiger partial charge in [-0.3, -0.25) is 0 Å². The van der Waals surface area contributed by atoms with E-state index in [9.17, 15) is 41.1 Å². The van der Waals surface area contributed by atoms with Crippen molar-refractivity contribution >= 4 is 101 Å². The molecule has 2 aromatic heterocycles. The minimum absolute atomic E-state index is 0.00931. The molecule has 16 aromatic rings. The quantitative estimate of drug-likeness (QED) is 0.134. The third-order valence-electron chi connectivity index (χ3n) is 25.1. The molecule has 0 unspecified atom stereocenters. The fraction of sp³-hybridized carbons (Fsp3) is 0.323. The molecule has 0 N–H and O–H groups in total. The second-order valence-electron chi connectivity index (χ2n) is 45.5. The Morgan fingerprint density at radius 1 is 0.225 bits per heavy atom. The molecule has 0 saturated heterocycles. The highest BCUT2D eigenvalue weighted by Crippen LogP contribution is 2.58. The minimum atomic E-state index is -1.51. The van der Waals surface area contributed by atoms with Gasteiger partial charge in [-0.1, -0.05) is 389 Å². The van der Waals surface area contributed by atoms with Gasteiger partial charge in [0.25, 0.3) is 6.71 Å². The lowest BCUT2D eigenvalue weighted by Gasteiger charge is -2.46. The maximum atomic E-state index is 12.0. The van der Waals surface area contributed by atoms with Crippen molar-refractivity contribution in [2.45, 2.75) is 262 Å². The fourth-order valence-electron chi connectivity index (χ4n) is 17.6. The van der Waals surface area contributed by atoms with Crippen molar-refractivity contribution in [3.05, 3.63) is 328 Å². The van der Waals surface area contributed by atoms with Crippen LogP contribution in [0.5, 0.6) is 0 Å². The Morgan fingerprint density at radius 2 is 0.597 bits per heavy atom. The van der Waals surface area contributed by atoms with Crippen LogP contribution in [0, 0.1) is 0 Å². The van der Waals surface area contributed by atoms with Gasteiger partial charge in [0, 0.05) is 72.2 Å². The zero-order valence-electron chi connectivity index (χ0n) is 111. The van der Waals surface area contributed by atoms with Crippen molar-refractivity contribution in [3.8, 4) is 67.0 Å². The van der Waals surface area contributed by atoms with Gasteiger partial charge in [-0.25, -0.2) is 0 Å². The molecule has 0 bridgehead atoms. The van der Waals surface area contributed by atoms with Gasteiger partial charge in [0.15, 0.2) is 0 Å². The van der Waals surface area contributed by atoms with Gasteiger partial charge in [0.2, 0.25) is 0 Å². The smallest absolute Gasteiger partial charge is 0.252 e. The number of benzene rings is 14. The number of anilines is 6. The number of rotatable bonds is 9. The molecule has 2 aliphatic rings. The molecule has 5 heteroatoms. The van der Waals surface area contributed by atoms with Crippen molar-refractivity contribution in [2.75, 3.05) is 9.80 Å². The lowest BCUT2D eigenvalue weighted by atomic mass is 9.33. The second-order valence-corrected chi connectivity index (χ2v) is 45.5. The average Bonchev–Trinajstić information content (AvgIpc) is 0.938. The molecule has 4 nitrogen and oxygen atoms in total. The topological polar surface area (TPSA) is 16.3 Å². The predicted molar refractivity (Wildman–Crippen MR) is 563 cm³/mol. The van der Waals surface area contributed by atoms with E-state index in [1.54, 1.807) is 177 Å². The molecular weight excluding hydrogens is 1560 g/mol. The van der Waals surface area contributed by atoms with Crippen LogP contribution in [0.2, 0.25) is 0 Å². The van der Waals surface area contributed by atoms with Crippen molar-refractivity contribution < 1.29 is 42.5 Å². The van der Waals surface area contributed by atoms with Gasteiger partial charge < -0.3 is 18.9 Å². The van der Waals surface area contributed by atoms with Crippen LogP contribution in [0.15, 0.2) is 272 Å². The highest BCUT2D eigenvalue weighted by Gasteiger charge is 2.47. The van der Waals surface area contributed by atoms with Gasteiger partial charge in [-0.2, -0.15) is 0 Å². The summed E-state index contributed by atoms with van der Waals surface area (Å²) in [6.07, 6.45) is 0. The van der Waals surface area contributed by atoms with Gasteiger partial charge in [-0.05, 0) is 250 Å². The number of para-hydroxylation sites is 2. The van der Waals surface area contributed by atoms with Gasteiger partial charge in [0.05, 0.1) is 81.6 Å². The van der Waals surface area contributed by atoms with E-state index in [-0.39, 0.29) is 124 Å². The van der Waals surface area contributed by atoms with Gasteiger partial charge >= 0.3 is 0 Å². The van der Waals surface area contributed by atoms with Crippen molar-refractivity contribution in [2.24, 2.45) is 0 Å². The number of hydrogen-bond donors (Lipinski definition) is 0. The summed E-state index contributed by atoms with van der Waals surface area (Å²) in [7, 11) is 0. The van der Waals surface area contributed by atoms with Gasteiger partial charge in [-0.15, -0.1) is 0 Å². The third-order valence-corrected chi connectivity index (χ3v) is 25.1. The lowest BCUT2D eigenvalue weighted by molar-refractivity contribution is 0.568. The molecule has 0 radical (unpaired) electrons. The molecule has 0 spiro atoms. The van der Waals surface area contributed by atoms with E-state index < -0.39 is 303 Å². The molecule has 2 aliphatic heterocycles. The molecule has 0 amide bonds. The molecule has 654 valence electrons. The summed E-state index contributed by atoms with van der Waals surface area (Å²) in [5.74, 6) is 0. The maximum absolute atomic E-state index is 12.0. The molecule has 0 aliphatic carbocycles. The summed E-state index contributed by atoms with van der Waals surface area (Å²) in [6, 6.07) is 5.27. The Morgan fingerprint density at radius 3 is 1.04 bits per heavy atom. The van der Waals surface area contributed by atoms with Crippen molar-refractivity contribution in [1.29, 1.82) is 0 Å². The normalized spacial score (nSPS) is 17.1. The summed E-state index contributed by atoms with van der Waals surface area (Å²) >= 11 is 0. The standard InChI is InChI=1S/C124H135BN4/c1-115(2,3)81-49-44-77(45-50-81)95-68-88(122(22,23)24)70-97(80-62-86(120(16,17)18)65-87(63-80)121(19,20)21)113(95)129-109-73-90(126-106-60-54-83(117(7,8)9)66-98(106)99-67-84(118(10,11)12)55-61-107(99)126)56-59-103(109)125-102-58-48-79(76-38-32-31-33-39-76)64-108(102)128(110-74-91(75-111(129)112(110)125)127-104-42-36-34-40-93(104)94-41-35-37-43-105(94)127)114-96(78-46-51-82(52-47-78)116(4,5)6)69-89(123(25,26)27)71-100(114)92-57-53-85(119(13,14)15)72-101(92)124(28,29)30/h31-75H,1-30H3/i31D,32D,33D,34D,35D,36D,37D,38D,39D,40D,41D,42D,43D,44D,45D,46D,47D,49D,50D,51D,52D,53D,57D,62D,63D,65D,68D,69D,70D,71D,72D. The van der Waals surface area contributed by atoms with Crippen LogP contribution in [0.25, 0.3) is 111 Å². The Labute approximate surface area is 815 Å². The molecule has 0 saturated carbocycles. The van der Waals surface area contributed by atoms with Crippen molar-refractivity contribution in [1.82, 2.24) is 9.13 Å². The van der Waals surface area contributed by atoms with Crippen LogP contribution in [0.3, 0.4) is 0 Å². The summed E-state index contributed by atoms with van der Waals surface area (Å²) in [4.78, 5) is 3.13. The maximum Gasteiger partial charge on any atom is 0.252 e. The number of fused-ring (bicyclic) bond motifs is 10. The molecule has 129 heavy (non-hydrogen) atoms. The van der Waals surface area contributed by atoms with Crippen LogP contribution >= 0.6 is 0 Å². The Bertz CT molecular complexity index is 8910.